The number of halogens is 1. The van der Waals surface area contributed by atoms with E-state index in [1.807, 2.05) is 12.1 Å². The van der Waals surface area contributed by atoms with Gasteiger partial charge in [0.1, 0.15) is 5.75 Å². The third-order valence-corrected chi connectivity index (χ3v) is 5.23. The minimum atomic E-state index is 0. The van der Waals surface area contributed by atoms with Gasteiger partial charge in [-0.3, -0.25) is 14.8 Å². The van der Waals surface area contributed by atoms with Crippen LogP contribution in [0.1, 0.15) is 31.9 Å². The number of rotatable bonds is 11. The summed E-state index contributed by atoms with van der Waals surface area (Å²) in [5, 5.41) is 3.25. The van der Waals surface area contributed by atoms with Crippen molar-refractivity contribution in [2.45, 2.75) is 26.3 Å². The molecule has 1 unspecified atom stereocenters. The van der Waals surface area contributed by atoms with E-state index in [9.17, 15) is 0 Å². The van der Waals surface area contributed by atoms with Gasteiger partial charge in [0.15, 0.2) is 5.96 Å². The van der Waals surface area contributed by atoms with E-state index in [2.05, 4.69) is 46.1 Å². The lowest BCUT2D eigenvalue weighted by Crippen LogP contribution is -2.39. The molecule has 1 fully saturated rings. The predicted octanol–water partition coefficient (Wildman–Crippen LogP) is 2.32. The average molecular weight is 519 g/mol. The largest absolute Gasteiger partial charge is 0.497 e. The SMILES string of the molecule is CCN(CC)C(CN=C(N)NCCCN1CCOCC1)c1cccc(OC)c1.I. The number of guanidine groups is 1. The van der Waals surface area contributed by atoms with Gasteiger partial charge in [0.05, 0.1) is 32.9 Å². The highest BCUT2D eigenvalue weighted by Gasteiger charge is 2.18. The Bertz CT molecular complexity index is 592. The summed E-state index contributed by atoms with van der Waals surface area (Å²) >= 11 is 0. The van der Waals surface area contributed by atoms with Crippen molar-refractivity contribution in [1.82, 2.24) is 15.1 Å². The summed E-state index contributed by atoms with van der Waals surface area (Å²) in [4.78, 5) is 9.45. The number of morpholine rings is 1. The molecule has 0 saturated carbocycles. The summed E-state index contributed by atoms with van der Waals surface area (Å²) in [6.45, 7) is 12.5. The normalized spacial score (nSPS) is 16.3. The van der Waals surface area contributed by atoms with Gasteiger partial charge in [-0.05, 0) is 43.8 Å². The van der Waals surface area contributed by atoms with Crippen molar-refractivity contribution < 1.29 is 9.47 Å². The van der Waals surface area contributed by atoms with Gasteiger partial charge in [-0.2, -0.15) is 0 Å². The zero-order valence-electron chi connectivity index (χ0n) is 18.1. The second kappa shape index (κ2) is 14.8. The van der Waals surface area contributed by atoms with Crippen LogP contribution in [0.2, 0.25) is 0 Å². The van der Waals surface area contributed by atoms with Gasteiger partial charge in [-0.25, -0.2) is 0 Å². The maximum absolute atomic E-state index is 6.12. The fourth-order valence-corrected chi connectivity index (χ4v) is 3.53. The molecule has 7 nitrogen and oxygen atoms in total. The quantitative estimate of drug-likeness (QED) is 0.202. The van der Waals surface area contributed by atoms with Gasteiger partial charge < -0.3 is 20.5 Å². The second-order valence-corrected chi connectivity index (χ2v) is 6.97. The molecule has 2 rings (SSSR count). The molecule has 29 heavy (non-hydrogen) atoms. The van der Waals surface area contributed by atoms with Crippen LogP contribution in [0.5, 0.6) is 5.75 Å². The number of nitrogens with one attached hydrogen (secondary N) is 1. The molecule has 1 saturated heterocycles. The molecule has 1 aliphatic heterocycles. The molecule has 1 aliphatic rings. The van der Waals surface area contributed by atoms with Crippen LogP contribution in [-0.2, 0) is 4.74 Å². The first kappa shape index (κ1) is 25.9. The first-order chi connectivity index (χ1) is 13.7. The van der Waals surface area contributed by atoms with Crippen LogP contribution < -0.4 is 15.8 Å². The van der Waals surface area contributed by atoms with Crippen LogP contribution in [-0.4, -0.2) is 81.9 Å². The minimum absolute atomic E-state index is 0. The molecule has 3 N–H and O–H groups in total. The zero-order chi connectivity index (χ0) is 20.2. The topological polar surface area (TPSA) is 75.4 Å². The van der Waals surface area contributed by atoms with Gasteiger partial charge in [0, 0.05) is 19.6 Å². The average Bonchev–Trinajstić information content (AvgIpc) is 2.75. The molecule has 0 bridgehead atoms. The number of nitrogens with two attached hydrogens (primary N) is 1. The molecule has 1 atom stereocenters. The molecule has 0 spiro atoms. The number of nitrogens with zero attached hydrogens (tertiary/aromatic N) is 3. The Balaban J connectivity index is 0.00000420. The predicted molar refractivity (Wildman–Crippen MR) is 130 cm³/mol. The maximum atomic E-state index is 6.12. The van der Waals surface area contributed by atoms with E-state index in [0.29, 0.717) is 12.5 Å². The molecule has 0 amide bonds. The molecule has 0 aliphatic carbocycles. The van der Waals surface area contributed by atoms with Crippen LogP contribution in [0.4, 0.5) is 0 Å². The number of likely N-dealkylation sites (N-methyl/N-ethyl adjacent to an activating group) is 1. The molecular weight excluding hydrogens is 481 g/mol. The maximum Gasteiger partial charge on any atom is 0.188 e. The minimum Gasteiger partial charge on any atom is -0.497 e. The Labute approximate surface area is 193 Å². The summed E-state index contributed by atoms with van der Waals surface area (Å²) in [6.07, 6.45) is 1.05. The molecule has 8 heteroatoms. The van der Waals surface area contributed by atoms with Crippen LogP contribution in [0.15, 0.2) is 29.3 Å². The summed E-state index contributed by atoms with van der Waals surface area (Å²) in [5.41, 5.74) is 7.32. The van der Waals surface area contributed by atoms with Crippen molar-refractivity contribution >= 4 is 29.9 Å². The summed E-state index contributed by atoms with van der Waals surface area (Å²) < 4.78 is 10.8. The number of hydrogen-bond donors (Lipinski definition) is 2. The molecule has 0 aromatic heterocycles. The van der Waals surface area contributed by atoms with Gasteiger partial charge in [0.25, 0.3) is 0 Å². The van der Waals surface area contributed by atoms with E-state index in [4.69, 9.17) is 15.2 Å². The first-order valence-corrected chi connectivity index (χ1v) is 10.4. The van der Waals surface area contributed by atoms with E-state index >= 15 is 0 Å². The highest BCUT2D eigenvalue weighted by molar-refractivity contribution is 14.0. The molecule has 1 aromatic carbocycles. The monoisotopic (exact) mass is 519 g/mol. The third kappa shape index (κ3) is 9.06. The summed E-state index contributed by atoms with van der Waals surface area (Å²) in [7, 11) is 1.70. The van der Waals surface area contributed by atoms with Crippen molar-refractivity contribution in [2.75, 3.05) is 66.1 Å². The van der Waals surface area contributed by atoms with E-state index in [0.717, 1.165) is 64.7 Å². The van der Waals surface area contributed by atoms with E-state index in [1.165, 1.54) is 5.56 Å². The smallest absolute Gasteiger partial charge is 0.188 e. The van der Waals surface area contributed by atoms with Crippen molar-refractivity contribution in [3.63, 3.8) is 0 Å². The number of hydrogen-bond acceptors (Lipinski definition) is 5. The van der Waals surface area contributed by atoms with Gasteiger partial charge in [0.2, 0.25) is 0 Å². The fraction of sp³-hybridized carbons (Fsp3) is 0.667. The Morgan fingerprint density at radius 3 is 2.69 bits per heavy atom. The standard InChI is InChI=1S/C21H37N5O2.HI/c1-4-26(5-2)20(18-8-6-9-19(16-18)27-3)17-24-21(22)23-10-7-11-25-12-14-28-15-13-25;/h6,8-9,16,20H,4-5,7,10-15,17H2,1-3H3,(H3,22,23,24);1H. The number of benzene rings is 1. The number of methoxy groups -OCH3 is 1. The highest BCUT2D eigenvalue weighted by atomic mass is 127. The van der Waals surface area contributed by atoms with E-state index in [-0.39, 0.29) is 30.0 Å². The van der Waals surface area contributed by atoms with Gasteiger partial charge in [-0.15, -0.1) is 24.0 Å². The highest BCUT2D eigenvalue weighted by Crippen LogP contribution is 2.24. The third-order valence-electron chi connectivity index (χ3n) is 5.23. The Morgan fingerprint density at radius 1 is 1.31 bits per heavy atom. The van der Waals surface area contributed by atoms with E-state index in [1.54, 1.807) is 7.11 Å². The molecule has 166 valence electrons. The van der Waals surface area contributed by atoms with Crippen LogP contribution >= 0.6 is 24.0 Å². The lowest BCUT2D eigenvalue weighted by atomic mass is 10.0. The lowest BCUT2D eigenvalue weighted by Gasteiger charge is -2.29. The van der Waals surface area contributed by atoms with Crippen molar-refractivity contribution in [1.29, 1.82) is 0 Å². The zero-order valence-corrected chi connectivity index (χ0v) is 20.4. The summed E-state index contributed by atoms with van der Waals surface area (Å²) in [5.74, 6) is 1.38. The number of ether oxygens (including phenoxy) is 2. The Kier molecular flexibility index (Phi) is 13.2. The second-order valence-electron chi connectivity index (χ2n) is 6.97. The fourth-order valence-electron chi connectivity index (χ4n) is 3.53. The Morgan fingerprint density at radius 2 is 2.03 bits per heavy atom. The molecule has 1 aromatic rings. The van der Waals surface area contributed by atoms with Crippen LogP contribution in [0.3, 0.4) is 0 Å². The van der Waals surface area contributed by atoms with Crippen molar-refractivity contribution in [3.05, 3.63) is 29.8 Å². The van der Waals surface area contributed by atoms with E-state index < -0.39 is 0 Å². The Hall–Kier alpha value is -1.10. The van der Waals surface area contributed by atoms with Gasteiger partial charge >= 0.3 is 0 Å². The van der Waals surface area contributed by atoms with Crippen LogP contribution in [0.25, 0.3) is 0 Å². The van der Waals surface area contributed by atoms with Gasteiger partial charge in [-0.1, -0.05) is 26.0 Å². The van der Waals surface area contributed by atoms with Crippen molar-refractivity contribution in [3.8, 4) is 5.75 Å². The molecule has 1 heterocycles. The van der Waals surface area contributed by atoms with Crippen molar-refractivity contribution in [2.24, 2.45) is 10.7 Å². The first-order valence-electron chi connectivity index (χ1n) is 10.4. The lowest BCUT2D eigenvalue weighted by molar-refractivity contribution is 0.0376. The van der Waals surface area contributed by atoms with Crippen LogP contribution in [0, 0.1) is 0 Å². The number of aliphatic imine (C=N–C) groups is 1. The summed E-state index contributed by atoms with van der Waals surface area (Å²) in [6, 6.07) is 8.40. The molecular formula is C21H38IN5O2. The molecule has 0 radical (unpaired) electrons.